The fourth-order valence-electron chi connectivity index (χ4n) is 3.71. The van der Waals surface area contributed by atoms with Crippen LogP contribution in [0.15, 0.2) is 54.7 Å². The van der Waals surface area contributed by atoms with E-state index in [0.717, 1.165) is 17.7 Å². The summed E-state index contributed by atoms with van der Waals surface area (Å²) in [5, 5.41) is 3.46. The molecule has 0 saturated carbocycles. The molecule has 29 heavy (non-hydrogen) atoms. The molecule has 1 fully saturated rings. The molecule has 0 radical (unpaired) electrons. The van der Waals surface area contributed by atoms with Gasteiger partial charge in [0, 0.05) is 19.3 Å². The van der Waals surface area contributed by atoms with E-state index >= 15 is 0 Å². The summed E-state index contributed by atoms with van der Waals surface area (Å²) in [6, 6.07) is 15.4. The van der Waals surface area contributed by atoms with Gasteiger partial charge >= 0.3 is 6.09 Å². The lowest BCUT2D eigenvalue weighted by Crippen LogP contribution is -2.49. The van der Waals surface area contributed by atoms with E-state index in [4.69, 9.17) is 4.74 Å². The number of aromatic nitrogens is 1. The predicted octanol–water partition coefficient (Wildman–Crippen LogP) is 4.45. The third-order valence-corrected chi connectivity index (χ3v) is 5.25. The van der Waals surface area contributed by atoms with Crippen molar-refractivity contribution < 1.29 is 14.3 Å². The Balaban J connectivity index is 1.82. The van der Waals surface area contributed by atoms with Gasteiger partial charge in [0.05, 0.1) is 11.5 Å². The number of pyridine rings is 1. The van der Waals surface area contributed by atoms with Crippen molar-refractivity contribution >= 4 is 18.2 Å². The highest BCUT2D eigenvalue weighted by Crippen LogP contribution is 2.43. The summed E-state index contributed by atoms with van der Waals surface area (Å²) in [5.41, 5.74) is -0.156. The van der Waals surface area contributed by atoms with Gasteiger partial charge in [0.15, 0.2) is 0 Å². The monoisotopic (exact) mass is 395 g/mol. The van der Waals surface area contributed by atoms with Crippen molar-refractivity contribution in [1.82, 2.24) is 9.88 Å². The van der Waals surface area contributed by atoms with Gasteiger partial charge in [-0.05, 0) is 51.3 Å². The molecule has 154 valence electrons. The average molecular weight is 396 g/mol. The van der Waals surface area contributed by atoms with Gasteiger partial charge < -0.3 is 19.7 Å². The molecule has 6 nitrogen and oxygen atoms in total. The second-order valence-corrected chi connectivity index (χ2v) is 8.52. The number of ether oxygens (including phenoxy) is 1. The Hall–Kier alpha value is -2.89. The topological polar surface area (TPSA) is 71.5 Å². The average Bonchev–Trinajstić information content (AvgIpc) is 2.72. The highest BCUT2D eigenvalue weighted by Gasteiger charge is 2.44. The number of carbonyl (C=O) groups is 2. The lowest BCUT2D eigenvalue weighted by Gasteiger charge is -2.43. The molecule has 1 aromatic heterocycles. The number of hydrogen-bond donors (Lipinski definition) is 1. The third-order valence-electron chi connectivity index (χ3n) is 5.25. The number of benzene rings is 1. The molecule has 1 unspecified atom stereocenters. The van der Waals surface area contributed by atoms with Crippen LogP contribution in [0.5, 0.6) is 0 Å². The highest BCUT2D eigenvalue weighted by molar-refractivity contribution is 5.70. The van der Waals surface area contributed by atoms with Crippen molar-refractivity contribution in [3.05, 3.63) is 60.3 Å². The van der Waals surface area contributed by atoms with Gasteiger partial charge in [-0.1, -0.05) is 36.4 Å². The number of piperidine rings is 1. The van der Waals surface area contributed by atoms with E-state index in [-0.39, 0.29) is 12.1 Å². The molecule has 0 bridgehead atoms. The first-order valence-electron chi connectivity index (χ1n) is 10.00. The van der Waals surface area contributed by atoms with Crippen LogP contribution in [-0.2, 0) is 9.53 Å². The van der Waals surface area contributed by atoms with E-state index in [0.29, 0.717) is 25.9 Å². The van der Waals surface area contributed by atoms with Crippen molar-refractivity contribution in [2.75, 3.05) is 18.4 Å². The van der Waals surface area contributed by atoms with Crippen LogP contribution in [0.1, 0.15) is 45.2 Å². The van der Waals surface area contributed by atoms with Gasteiger partial charge in [-0.15, -0.1) is 0 Å². The fourth-order valence-corrected chi connectivity index (χ4v) is 3.71. The fraction of sp³-hybridized carbons (Fsp3) is 0.435. The molecule has 1 N–H and O–H groups in total. The molecule has 0 spiro atoms. The van der Waals surface area contributed by atoms with Gasteiger partial charge in [-0.3, -0.25) is 0 Å². The van der Waals surface area contributed by atoms with Crippen molar-refractivity contribution in [3.63, 3.8) is 0 Å². The maximum atomic E-state index is 12.4. The Kier molecular flexibility index (Phi) is 6.20. The number of amides is 1. The van der Waals surface area contributed by atoms with Crippen LogP contribution in [0.4, 0.5) is 10.6 Å². The lowest BCUT2D eigenvalue weighted by molar-refractivity contribution is -0.120. The molecule has 3 rings (SSSR count). The van der Waals surface area contributed by atoms with Crippen LogP contribution in [0, 0.1) is 5.41 Å². The molecule has 2 heterocycles. The minimum Gasteiger partial charge on any atom is -0.444 e. The standard InChI is InChI=1S/C23H29N3O3/c1-22(2,3)29-21(28)26-15-12-23(17-27,13-16-26)20(18-9-5-4-6-10-18)25-19-11-7-8-14-24-19/h4-11,14,17,20H,12-13,15-16H2,1-3H3,(H,24,25). The van der Waals surface area contributed by atoms with E-state index in [1.54, 1.807) is 11.1 Å². The maximum Gasteiger partial charge on any atom is 0.410 e. The first-order valence-corrected chi connectivity index (χ1v) is 10.00. The molecular formula is C23H29N3O3. The first kappa shape index (κ1) is 20.8. The molecule has 1 saturated heterocycles. The summed E-state index contributed by atoms with van der Waals surface area (Å²) in [6.45, 7) is 6.51. The summed E-state index contributed by atoms with van der Waals surface area (Å²) in [4.78, 5) is 30.9. The number of likely N-dealkylation sites (tertiary alicyclic amines) is 1. The van der Waals surface area contributed by atoms with E-state index in [1.807, 2.05) is 69.3 Å². The zero-order valence-corrected chi connectivity index (χ0v) is 17.3. The molecule has 1 aliphatic heterocycles. The summed E-state index contributed by atoms with van der Waals surface area (Å²) in [5.74, 6) is 0.720. The number of anilines is 1. The quantitative estimate of drug-likeness (QED) is 0.757. The van der Waals surface area contributed by atoms with E-state index in [1.165, 1.54) is 0 Å². The Morgan fingerprint density at radius 3 is 2.34 bits per heavy atom. The zero-order chi connectivity index (χ0) is 20.9. The normalized spacial score (nSPS) is 17.3. The number of aldehydes is 1. The van der Waals surface area contributed by atoms with Crippen molar-refractivity contribution in [2.24, 2.45) is 5.41 Å². The summed E-state index contributed by atoms with van der Waals surface area (Å²) < 4.78 is 5.49. The molecule has 1 amide bonds. The van der Waals surface area contributed by atoms with E-state index in [9.17, 15) is 9.59 Å². The lowest BCUT2D eigenvalue weighted by atomic mass is 9.71. The highest BCUT2D eigenvalue weighted by atomic mass is 16.6. The number of rotatable bonds is 5. The first-order chi connectivity index (χ1) is 13.8. The SMILES string of the molecule is CC(C)(C)OC(=O)N1CCC(C=O)(C(Nc2ccccn2)c2ccccc2)CC1. The van der Waals surface area contributed by atoms with Gasteiger partial charge in [-0.25, -0.2) is 9.78 Å². The summed E-state index contributed by atoms with van der Waals surface area (Å²) >= 11 is 0. The van der Waals surface area contributed by atoms with E-state index in [2.05, 4.69) is 10.3 Å². The summed E-state index contributed by atoms with van der Waals surface area (Å²) in [6.07, 6.45) is 3.55. The van der Waals surface area contributed by atoms with Gasteiger partial charge in [-0.2, -0.15) is 0 Å². The van der Waals surface area contributed by atoms with Gasteiger partial charge in [0.25, 0.3) is 0 Å². The maximum absolute atomic E-state index is 12.4. The van der Waals surface area contributed by atoms with Crippen molar-refractivity contribution in [3.8, 4) is 0 Å². The molecule has 1 aliphatic rings. The van der Waals surface area contributed by atoms with Crippen LogP contribution in [0.25, 0.3) is 0 Å². The molecule has 6 heteroatoms. The van der Waals surface area contributed by atoms with Crippen LogP contribution < -0.4 is 5.32 Å². The van der Waals surface area contributed by atoms with E-state index < -0.39 is 11.0 Å². The largest absolute Gasteiger partial charge is 0.444 e. The second-order valence-electron chi connectivity index (χ2n) is 8.52. The van der Waals surface area contributed by atoms with Crippen molar-refractivity contribution in [1.29, 1.82) is 0 Å². The molecular weight excluding hydrogens is 366 g/mol. The minimum absolute atomic E-state index is 0.239. The predicted molar refractivity (Wildman–Crippen MR) is 113 cm³/mol. The number of hydrogen-bond acceptors (Lipinski definition) is 5. The number of carbonyl (C=O) groups excluding carboxylic acids is 2. The minimum atomic E-state index is -0.641. The Morgan fingerprint density at radius 1 is 1.14 bits per heavy atom. The Morgan fingerprint density at radius 2 is 1.79 bits per heavy atom. The van der Waals surface area contributed by atoms with Crippen molar-refractivity contribution in [2.45, 2.75) is 45.3 Å². The smallest absolute Gasteiger partial charge is 0.410 e. The Bertz CT molecular complexity index is 810. The molecule has 1 atom stereocenters. The van der Waals surface area contributed by atoms with Gasteiger partial charge in [0.2, 0.25) is 0 Å². The molecule has 1 aromatic carbocycles. The van der Waals surface area contributed by atoms with Crippen LogP contribution >= 0.6 is 0 Å². The molecule has 0 aliphatic carbocycles. The molecule has 2 aromatic rings. The summed E-state index contributed by atoms with van der Waals surface area (Å²) in [7, 11) is 0. The zero-order valence-electron chi connectivity index (χ0n) is 17.3. The van der Waals surface area contributed by atoms with Crippen LogP contribution in [-0.4, -0.2) is 41.0 Å². The number of nitrogens with zero attached hydrogens (tertiary/aromatic N) is 2. The second kappa shape index (κ2) is 8.64. The third kappa shape index (κ3) is 5.13. The van der Waals surface area contributed by atoms with Gasteiger partial charge in [0.1, 0.15) is 17.7 Å². The number of nitrogens with one attached hydrogen (secondary N) is 1. The Labute approximate surface area is 172 Å². The van der Waals surface area contributed by atoms with Crippen LogP contribution in [0.3, 0.4) is 0 Å². The van der Waals surface area contributed by atoms with Crippen LogP contribution in [0.2, 0.25) is 0 Å².